The van der Waals surface area contributed by atoms with Gasteiger partial charge in [-0.3, -0.25) is 0 Å². The average molecular weight is 410 g/mol. The molecule has 2 aliphatic heterocycles. The molecule has 1 unspecified atom stereocenters. The molecular formula is C22H22N2O6. The summed E-state index contributed by atoms with van der Waals surface area (Å²) >= 11 is 0. The summed E-state index contributed by atoms with van der Waals surface area (Å²) in [4.78, 5) is 26.7. The molecule has 0 aliphatic carbocycles. The number of amides is 2. The lowest BCUT2D eigenvalue weighted by Gasteiger charge is -2.33. The van der Waals surface area contributed by atoms with Crippen LogP contribution in [0.15, 0.2) is 59.8 Å². The van der Waals surface area contributed by atoms with Gasteiger partial charge in [0.25, 0.3) is 0 Å². The van der Waals surface area contributed by atoms with Crippen LogP contribution in [0.4, 0.5) is 4.79 Å². The van der Waals surface area contributed by atoms with E-state index in [1.807, 2.05) is 30.3 Å². The van der Waals surface area contributed by atoms with Crippen molar-refractivity contribution in [1.29, 1.82) is 0 Å². The number of benzene rings is 2. The fourth-order valence-corrected chi connectivity index (χ4v) is 3.33. The fraction of sp³-hybridized carbons (Fsp3) is 0.273. The van der Waals surface area contributed by atoms with Gasteiger partial charge in [0.2, 0.25) is 6.79 Å². The number of esters is 1. The SMILES string of the molecule is CC1=C(C(=O)OCCOc2ccccc2)C(c2ccc3c(c2)OCO3)NC(=O)N1C. The van der Waals surface area contributed by atoms with Gasteiger partial charge in [-0.05, 0) is 36.8 Å². The van der Waals surface area contributed by atoms with Gasteiger partial charge in [0.05, 0.1) is 11.6 Å². The molecule has 0 bridgehead atoms. The van der Waals surface area contributed by atoms with Gasteiger partial charge in [-0.1, -0.05) is 24.3 Å². The molecule has 0 aromatic heterocycles. The summed E-state index contributed by atoms with van der Waals surface area (Å²) in [5, 5.41) is 2.85. The topological polar surface area (TPSA) is 86.3 Å². The lowest BCUT2D eigenvalue weighted by atomic mass is 9.95. The predicted octanol–water partition coefficient (Wildman–Crippen LogP) is 3.01. The Morgan fingerprint density at radius 2 is 1.90 bits per heavy atom. The molecule has 2 aromatic rings. The lowest BCUT2D eigenvalue weighted by Crippen LogP contribution is -2.46. The molecule has 1 atom stereocenters. The Morgan fingerprint density at radius 3 is 2.70 bits per heavy atom. The molecule has 8 heteroatoms. The smallest absolute Gasteiger partial charge is 0.338 e. The van der Waals surface area contributed by atoms with Gasteiger partial charge in [0.15, 0.2) is 11.5 Å². The van der Waals surface area contributed by atoms with Crippen molar-refractivity contribution in [3.05, 3.63) is 65.4 Å². The average Bonchev–Trinajstić information content (AvgIpc) is 3.23. The van der Waals surface area contributed by atoms with E-state index in [0.717, 1.165) is 0 Å². The number of para-hydroxylation sites is 1. The second-order valence-electron chi connectivity index (χ2n) is 6.85. The molecule has 1 N–H and O–H groups in total. The van der Waals surface area contributed by atoms with E-state index in [-0.39, 0.29) is 26.0 Å². The van der Waals surface area contributed by atoms with Crippen molar-refractivity contribution in [2.45, 2.75) is 13.0 Å². The first-order valence-electron chi connectivity index (χ1n) is 9.54. The van der Waals surface area contributed by atoms with Crippen LogP contribution in [0.1, 0.15) is 18.5 Å². The molecule has 2 aromatic carbocycles. The Labute approximate surface area is 174 Å². The van der Waals surface area contributed by atoms with E-state index in [9.17, 15) is 9.59 Å². The van der Waals surface area contributed by atoms with E-state index in [0.29, 0.717) is 34.1 Å². The van der Waals surface area contributed by atoms with Gasteiger partial charge in [0.1, 0.15) is 19.0 Å². The monoisotopic (exact) mass is 410 g/mol. The third kappa shape index (κ3) is 3.89. The molecule has 4 rings (SSSR count). The van der Waals surface area contributed by atoms with Crippen molar-refractivity contribution in [1.82, 2.24) is 10.2 Å². The molecule has 30 heavy (non-hydrogen) atoms. The van der Waals surface area contributed by atoms with Crippen LogP contribution in [0.25, 0.3) is 0 Å². The zero-order chi connectivity index (χ0) is 21.1. The van der Waals surface area contributed by atoms with Crippen LogP contribution in [0.2, 0.25) is 0 Å². The molecule has 156 valence electrons. The fourth-order valence-electron chi connectivity index (χ4n) is 3.33. The molecule has 0 fully saturated rings. The maximum absolute atomic E-state index is 12.9. The van der Waals surface area contributed by atoms with E-state index in [4.69, 9.17) is 18.9 Å². The largest absolute Gasteiger partial charge is 0.490 e. The van der Waals surface area contributed by atoms with Crippen molar-refractivity contribution in [3.63, 3.8) is 0 Å². The number of carbonyl (C=O) groups is 2. The quantitative estimate of drug-likeness (QED) is 0.582. The van der Waals surface area contributed by atoms with Gasteiger partial charge >= 0.3 is 12.0 Å². The normalized spacial score (nSPS) is 17.6. The van der Waals surface area contributed by atoms with Gasteiger partial charge < -0.3 is 29.2 Å². The summed E-state index contributed by atoms with van der Waals surface area (Å²) in [7, 11) is 1.60. The molecule has 0 saturated carbocycles. The first-order valence-corrected chi connectivity index (χ1v) is 9.54. The van der Waals surface area contributed by atoms with E-state index < -0.39 is 12.0 Å². The number of carbonyl (C=O) groups excluding carboxylic acids is 2. The number of allylic oxidation sites excluding steroid dienone is 1. The summed E-state index contributed by atoms with van der Waals surface area (Å²) in [5.41, 5.74) is 1.58. The predicted molar refractivity (Wildman–Crippen MR) is 107 cm³/mol. The Bertz CT molecular complexity index is 988. The molecule has 0 saturated heterocycles. The Balaban J connectivity index is 1.50. The van der Waals surface area contributed by atoms with Gasteiger partial charge in [0, 0.05) is 12.7 Å². The van der Waals surface area contributed by atoms with E-state index in [2.05, 4.69) is 5.32 Å². The van der Waals surface area contributed by atoms with Crippen LogP contribution in [-0.2, 0) is 9.53 Å². The summed E-state index contributed by atoms with van der Waals surface area (Å²) in [6, 6.07) is 13.6. The molecule has 2 aliphatic rings. The number of nitrogens with zero attached hydrogens (tertiary/aromatic N) is 1. The maximum atomic E-state index is 12.9. The maximum Gasteiger partial charge on any atom is 0.338 e. The summed E-state index contributed by atoms with van der Waals surface area (Å²) in [5.74, 6) is 1.38. The number of urea groups is 1. The Kier molecular flexibility index (Phi) is 5.47. The van der Waals surface area contributed by atoms with Gasteiger partial charge in [-0.25, -0.2) is 9.59 Å². The number of ether oxygens (including phenoxy) is 4. The molecule has 0 spiro atoms. The number of rotatable bonds is 6. The minimum absolute atomic E-state index is 0.0794. The van der Waals surface area contributed by atoms with Crippen molar-refractivity contribution in [2.75, 3.05) is 27.1 Å². The first kappa shape index (κ1) is 19.6. The Hall–Kier alpha value is -3.68. The zero-order valence-electron chi connectivity index (χ0n) is 16.7. The molecule has 0 radical (unpaired) electrons. The highest BCUT2D eigenvalue weighted by Crippen LogP contribution is 2.37. The highest BCUT2D eigenvalue weighted by Gasteiger charge is 2.35. The third-order valence-electron chi connectivity index (χ3n) is 5.03. The van der Waals surface area contributed by atoms with Crippen LogP contribution in [0.3, 0.4) is 0 Å². The number of nitrogens with one attached hydrogen (secondary N) is 1. The van der Waals surface area contributed by atoms with Gasteiger partial charge in [-0.15, -0.1) is 0 Å². The van der Waals surface area contributed by atoms with Crippen LogP contribution < -0.4 is 19.5 Å². The number of hydrogen-bond donors (Lipinski definition) is 1. The van der Waals surface area contributed by atoms with E-state index in [1.165, 1.54) is 4.90 Å². The second-order valence-corrected chi connectivity index (χ2v) is 6.85. The van der Waals surface area contributed by atoms with Crippen molar-refractivity contribution in [2.24, 2.45) is 0 Å². The summed E-state index contributed by atoms with van der Waals surface area (Å²) in [6.07, 6.45) is 0. The van der Waals surface area contributed by atoms with Crippen LogP contribution >= 0.6 is 0 Å². The number of fused-ring (bicyclic) bond motifs is 1. The first-order chi connectivity index (χ1) is 14.5. The van der Waals surface area contributed by atoms with E-state index >= 15 is 0 Å². The number of hydrogen-bond acceptors (Lipinski definition) is 6. The molecular weight excluding hydrogens is 388 g/mol. The van der Waals surface area contributed by atoms with Crippen LogP contribution in [0.5, 0.6) is 17.2 Å². The summed E-state index contributed by atoms with van der Waals surface area (Å²) in [6.45, 7) is 2.16. The highest BCUT2D eigenvalue weighted by atomic mass is 16.7. The minimum atomic E-state index is -0.661. The third-order valence-corrected chi connectivity index (χ3v) is 5.03. The summed E-state index contributed by atoms with van der Waals surface area (Å²) < 4.78 is 21.8. The molecule has 8 nitrogen and oxygen atoms in total. The van der Waals surface area contributed by atoms with Crippen LogP contribution in [-0.4, -0.2) is 44.0 Å². The van der Waals surface area contributed by atoms with Crippen molar-refractivity contribution < 1.29 is 28.5 Å². The second kappa shape index (κ2) is 8.36. The zero-order valence-corrected chi connectivity index (χ0v) is 16.7. The van der Waals surface area contributed by atoms with Crippen LogP contribution in [0, 0.1) is 0 Å². The minimum Gasteiger partial charge on any atom is -0.490 e. The Morgan fingerprint density at radius 1 is 1.13 bits per heavy atom. The van der Waals surface area contributed by atoms with Gasteiger partial charge in [-0.2, -0.15) is 0 Å². The lowest BCUT2D eigenvalue weighted by molar-refractivity contribution is -0.140. The van der Waals surface area contributed by atoms with Crippen molar-refractivity contribution >= 4 is 12.0 Å². The van der Waals surface area contributed by atoms with Crippen molar-refractivity contribution in [3.8, 4) is 17.2 Å². The molecule has 2 amide bonds. The standard InChI is InChI=1S/C22H22N2O6/c1-14-19(21(25)28-11-10-27-16-6-4-3-5-7-16)20(23-22(26)24(14)2)15-8-9-17-18(12-15)30-13-29-17/h3-9,12,20H,10-11,13H2,1-2H3,(H,23,26). The highest BCUT2D eigenvalue weighted by molar-refractivity contribution is 5.95. The van der Waals surface area contributed by atoms with E-state index in [1.54, 1.807) is 32.2 Å². The molecule has 2 heterocycles.